The van der Waals surface area contributed by atoms with Gasteiger partial charge in [-0.15, -0.1) is 0 Å². The molecule has 0 unspecified atom stereocenters. The zero-order valence-corrected chi connectivity index (χ0v) is 17.1. The SMILES string of the molecule is Nc1nc(OCC2CC2)c2cc(-c3ccc(C(=O)NC4=NCCS4)cc3)ccc2n1. The minimum atomic E-state index is -0.146. The Morgan fingerprint density at radius 2 is 1.93 bits per heavy atom. The standard InChI is InChI=1S/C22H21N5O2S/c23-21-25-18-8-7-16(11-17(18)20(27-21)29-12-13-1-2-13)14-3-5-15(6-4-14)19(28)26-22-24-9-10-30-22/h3-8,11,13H,1-2,9-10,12H2,(H2,23,25,27)(H,24,26,28). The van der Waals surface area contributed by atoms with Gasteiger partial charge in [0.15, 0.2) is 5.17 Å². The molecule has 1 amide bonds. The largest absolute Gasteiger partial charge is 0.477 e. The van der Waals surface area contributed by atoms with E-state index in [1.807, 2.05) is 42.5 Å². The summed E-state index contributed by atoms with van der Waals surface area (Å²) in [4.78, 5) is 25.3. The van der Waals surface area contributed by atoms with E-state index in [0.29, 0.717) is 29.1 Å². The highest BCUT2D eigenvalue weighted by Gasteiger charge is 2.23. The van der Waals surface area contributed by atoms with Gasteiger partial charge in [-0.1, -0.05) is 30.0 Å². The molecular weight excluding hydrogens is 398 g/mol. The summed E-state index contributed by atoms with van der Waals surface area (Å²) >= 11 is 1.56. The van der Waals surface area contributed by atoms with Gasteiger partial charge < -0.3 is 15.8 Å². The number of rotatable bonds is 5. The zero-order valence-electron chi connectivity index (χ0n) is 16.3. The van der Waals surface area contributed by atoms with E-state index in [0.717, 1.165) is 34.3 Å². The highest BCUT2D eigenvalue weighted by molar-refractivity contribution is 8.14. The van der Waals surface area contributed by atoms with Gasteiger partial charge >= 0.3 is 0 Å². The molecule has 152 valence electrons. The molecule has 1 fully saturated rings. The number of carbonyl (C=O) groups is 1. The van der Waals surface area contributed by atoms with Crippen LogP contribution in [0.1, 0.15) is 23.2 Å². The first-order chi connectivity index (χ1) is 14.7. The maximum Gasteiger partial charge on any atom is 0.257 e. The summed E-state index contributed by atoms with van der Waals surface area (Å²) < 4.78 is 5.93. The van der Waals surface area contributed by atoms with Crippen LogP contribution in [0.15, 0.2) is 47.5 Å². The van der Waals surface area contributed by atoms with Crippen molar-refractivity contribution in [1.82, 2.24) is 15.3 Å². The molecule has 0 atom stereocenters. The third-order valence-electron chi connectivity index (χ3n) is 5.12. The highest BCUT2D eigenvalue weighted by atomic mass is 32.2. The molecule has 30 heavy (non-hydrogen) atoms. The number of amides is 1. The molecule has 0 spiro atoms. The summed E-state index contributed by atoms with van der Waals surface area (Å²) in [6.07, 6.45) is 2.41. The second-order valence-electron chi connectivity index (χ2n) is 7.44. The van der Waals surface area contributed by atoms with E-state index >= 15 is 0 Å². The number of fused-ring (bicyclic) bond motifs is 1. The quantitative estimate of drug-likeness (QED) is 0.656. The molecule has 3 aromatic rings. The van der Waals surface area contributed by atoms with Crippen molar-refractivity contribution < 1.29 is 9.53 Å². The van der Waals surface area contributed by atoms with Crippen LogP contribution >= 0.6 is 11.8 Å². The summed E-state index contributed by atoms with van der Waals surface area (Å²) in [6, 6.07) is 13.4. The predicted octanol–water partition coefficient (Wildman–Crippen LogP) is 3.50. The second kappa shape index (κ2) is 7.95. The molecule has 1 aromatic heterocycles. The first-order valence-corrected chi connectivity index (χ1v) is 10.9. The van der Waals surface area contributed by atoms with E-state index in [-0.39, 0.29) is 11.9 Å². The lowest BCUT2D eigenvalue weighted by atomic mass is 10.0. The number of nitrogen functional groups attached to an aromatic ring is 1. The van der Waals surface area contributed by atoms with E-state index in [2.05, 4.69) is 20.3 Å². The zero-order chi connectivity index (χ0) is 20.5. The molecule has 2 aliphatic rings. The summed E-state index contributed by atoms with van der Waals surface area (Å²) in [5, 5.41) is 4.37. The molecule has 0 saturated heterocycles. The Balaban J connectivity index is 1.40. The summed E-state index contributed by atoms with van der Waals surface area (Å²) in [5.74, 6) is 2.12. The average Bonchev–Trinajstić information content (AvgIpc) is 3.46. The van der Waals surface area contributed by atoms with Gasteiger partial charge in [-0.25, -0.2) is 4.98 Å². The molecule has 8 heteroatoms. The number of nitrogens with two attached hydrogens (primary N) is 1. The minimum absolute atomic E-state index is 0.146. The van der Waals surface area contributed by atoms with Crippen molar-refractivity contribution in [3.63, 3.8) is 0 Å². The molecule has 1 aliphatic heterocycles. The Morgan fingerprint density at radius 1 is 1.13 bits per heavy atom. The number of aromatic nitrogens is 2. The van der Waals surface area contributed by atoms with Gasteiger partial charge in [0.25, 0.3) is 5.91 Å². The topological polar surface area (TPSA) is 102 Å². The Hall–Kier alpha value is -3.13. The fourth-order valence-electron chi connectivity index (χ4n) is 3.28. The van der Waals surface area contributed by atoms with Crippen LogP contribution in [0.3, 0.4) is 0 Å². The van der Waals surface area contributed by atoms with E-state index < -0.39 is 0 Å². The Morgan fingerprint density at radius 3 is 2.67 bits per heavy atom. The summed E-state index contributed by atoms with van der Waals surface area (Å²) in [5.41, 5.74) is 9.19. The van der Waals surface area contributed by atoms with Crippen LogP contribution < -0.4 is 15.8 Å². The van der Waals surface area contributed by atoms with Crippen molar-refractivity contribution >= 4 is 39.7 Å². The number of ether oxygens (including phenoxy) is 1. The van der Waals surface area contributed by atoms with Crippen LogP contribution in [0.4, 0.5) is 5.95 Å². The number of amidine groups is 1. The van der Waals surface area contributed by atoms with Crippen LogP contribution in [0, 0.1) is 5.92 Å². The molecule has 2 aromatic carbocycles. The van der Waals surface area contributed by atoms with Gasteiger partial charge in [0.05, 0.1) is 24.1 Å². The number of nitrogens with one attached hydrogen (secondary N) is 1. The molecule has 0 radical (unpaired) electrons. The molecule has 0 bridgehead atoms. The van der Waals surface area contributed by atoms with Gasteiger partial charge in [0.1, 0.15) is 0 Å². The normalized spacial score (nSPS) is 15.8. The molecular formula is C22H21N5O2S. The van der Waals surface area contributed by atoms with Crippen LogP contribution in [0.25, 0.3) is 22.0 Å². The lowest BCUT2D eigenvalue weighted by molar-refractivity contribution is 0.0978. The molecule has 1 saturated carbocycles. The maximum absolute atomic E-state index is 12.4. The second-order valence-corrected chi connectivity index (χ2v) is 8.52. The lowest BCUT2D eigenvalue weighted by Gasteiger charge is -2.10. The number of thioether (sulfide) groups is 1. The van der Waals surface area contributed by atoms with Gasteiger partial charge in [0, 0.05) is 11.3 Å². The number of nitrogens with zero attached hydrogens (tertiary/aromatic N) is 3. The van der Waals surface area contributed by atoms with Crippen molar-refractivity contribution in [2.45, 2.75) is 12.8 Å². The van der Waals surface area contributed by atoms with E-state index in [9.17, 15) is 4.79 Å². The van der Waals surface area contributed by atoms with Gasteiger partial charge in [0.2, 0.25) is 11.8 Å². The number of carbonyl (C=O) groups excluding carboxylic acids is 1. The first-order valence-electron chi connectivity index (χ1n) is 9.95. The van der Waals surface area contributed by atoms with Crippen molar-refractivity contribution in [3.8, 4) is 17.0 Å². The predicted molar refractivity (Wildman–Crippen MR) is 120 cm³/mol. The lowest BCUT2D eigenvalue weighted by Crippen LogP contribution is -2.27. The smallest absolute Gasteiger partial charge is 0.257 e. The van der Waals surface area contributed by atoms with Crippen LogP contribution in [-0.4, -0.2) is 39.9 Å². The van der Waals surface area contributed by atoms with E-state index in [1.54, 1.807) is 11.8 Å². The average molecular weight is 420 g/mol. The molecule has 2 heterocycles. The van der Waals surface area contributed by atoms with Crippen LogP contribution in [-0.2, 0) is 0 Å². The minimum Gasteiger partial charge on any atom is -0.477 e. The molecule has 3 N–H and O–H groups in total. The van der Waals surface area contributed by atoms with Crippen molar-refractivity contribution in [2.75, 3.05) is 24.6 Å². The van der Waals surface area contributed by atoms with Crippen molar-refractivity contribution in [2.24, 2.45) is 10.9 Å². The van der Waals surface area contributed by atoms with Gasteiger partial charge in [-0.3, -0.25) is 9.79 Å². The van der Waals surface area contributed by atoms with Crippen LogP contribution in [0.2, 0.25) is 0 Å². The monoisotopic (exact) mass is 419 g/mol. The number of hydrogen-bond donors (Lipinski definition) is 2. The Kier molecular flexibility index (Phi) is 5.00. The van der Waals surface area contributed by atoms with E-state index in [4.69, 9.17) is 10.5 Å². The summed E-state index contributed by atoms with van der Waals surface area (Å²) in [6.45, 7) is 1.41. The van der Waals surface area contributed by atoms with Gasteiger partial charge in [-0.2, -0.15) is 4.98 Å². The highest BCUT2D eigenvalue weighted by Crippen LogP contribution is 2.33. The number of anilines is 1. The van der Waals surface area contributed by atoms with Crippen molar-refractivity contribution in [1.29, 1.82) is 0 Å². The fourth-order valence-corrected chi connectivity index (χ4v) is 4.01. The molecule has 1 aliphatic carbocycles. The number of hydrogen-bond acceptors (Lipinski definition) is 7. The Labute approximate surface area is 178 Å². The third kappa shape index (κ3) is 4.09. The van der Waals surface area contributed by atoms with Crippen LogP contribution in [0.5, 0.6) is 5.88 Å². The first kappa shape index (κ1) is 18.9. The Bertz CT molecular complexity index is 1140. The fraction of sp³-hybridized carbons (Fsp3) is 0.273. The van der Waals surface area contributed by atoms with Gasteiger partial charge in [-0.05, 0) is 54.2 Å². The molecule has 5 rings (SSSR count). The number of aliphatic imine (C=N–C) groups is 1. The maximum atomic E-state index is 12.4. The number of benzene rings is 2. The van der Waals surface area contributed by atoms with E-state index in [1.165, 1.54) is 12.8 Å². The third-order valence-corrected chi connectivity index (χ3v) is 6.01. The summed E-state index contributed by atoms with van der Waals surface area (Å²) in [7, 11) is 0. The van der Waals surface area contributed by atoms with Crippen molar-refractivity contribution in [3.05, 3.63) is 48.0 Å². The molecule has 7 nitrogen and oxygen atoms in total.